The molecule has 200 valence electrons. The maximum absolute atomic E-state index is 12.9. The van der Waals surface area contributed by atoms with Crippen molar-refractivity contribution in [3.63, 3.8) is 0 Å². The van der Waals surface area contributed by atoms with Crippen molar-refractivity contribution < 1.29 is 28.6 Å². The van der Waals surface area contributed by atoms with Gasteiger partial charge in [0.2, 0.25) is 0 Å². The Morgan fingerprint density at radius 1 is 0.784 bits per heavy atom. The lowest BCUT2D eigenvalue weighted by Gasteiger charge is -2.28. The first-order valence-corrected chi connectivity index (χ1v) is 12.5. The zero-order chi connectivity index (χ0) is 28.2. The van der Waals surface area contributed by atoms with Gasteiger partial charge in [0, 0.05) is 22.8 Å². The first-order chi connectivity index (χ1) is 17.0. The first-order valence-electron chi connectivity index (χ1n) is 12.5. The molecular weight excluding hydrogens is 468 g/mol. The van der Waals surface area contributed by atoms with E-state index in [1.165, 1.54) is 13.2 Å². The molecule has 2 aromatic carbocycles. The highest BCUT2D eigenvalue weighted by Gasteiger charge is 2.29. The van der Waals surface area contributed by atoms with E-state index >= 15 is 0 Å². The predicted molar refractivity (Wildman–Crippen MR) is 146 cm³/mol. The number of hydrogen-bond donors (Lipinski definition) is 0. The van der Waals surface area contributed by atoms with Crippen LogP contribution in [0.1, 0.15) is 90.2 Å². The number of carbonyl (C=O) groups is 3. The number of allylic oxidation sites excluding steroid dienone is 1. The van der Waals surface area contributed by atoms with Crippen LogP contribution < -0.4 is 14.2 Å². The summed E-state index contributed by atoms with van der Waals surface area (Å²) < 4.78 is 16.7. The molecule has 37 heavy (non-hydrogen) atoms. The largest absolute Gasteiger partial charge is 0.496 e. The third-order valence-electron chi connectivity index (χ3n) is 6.14. The van der Waals surface area contributed by atoms with Crippen LogP contribution in [0.15, 0.2) is 42.5 Å². The maximum Gasteiger partial charge on any atom is 0.316 e. The molecule has 0 saturated heterocycles. The number of hydrogen-bond acceptors (Lipinski definition) is 6. The molecule has 0 heterocycles. The van der Waals surface area contributed by atoms with Gasteiger partial charge in [-0.1, -0.05) is 20.8 Å². The molecule has 2 rings (SSSR count). The highest BCUT2D eigenvalue weighted by molar-refractivity contribution is 6.07. The lowest BCUT2D eigenvalue weighted by molar-refractivity contribution is -0.143. The van der Waals surface area contributed by atoms with E-state index in [-0.39, 0.29) is 23.1 Å². The van der Waals surface area contributed by atoms with Crippen molar-refractivity contribution in [1.29, 1.82) is 0 Å². The van der Waals surface area contributed by atoms with E-state index in [1.807, 2.05) is 6.07 Å². The molecule has 0 spiro atoms. The second kappa shape index (κ2) is 11.3. The van der Waals surface area contributed by atoms with Gasteiger partial charge in [-0.3, -0.25) is 14.4 Å². The lowest BCUT2D eigenvalue weighted by atomic mass is 9.80. The highest BCUT2D eigenvalue weighted by Crippen LogP contribution is 2.40. The minimum absolute atomic E-state index is 0.213. The van der Waals surface area contributed by atoms with Crippen LogP contribution >= 0.6 is 0 Å². The van der Waals surface area contributed by atoms with Gasteiger partial charge < -0.3 is 14.2 Å². The Labute approximate surface area is 221 Å². The van der Waals surface area contributed by atoms with Crippen LogP contribution in [0.3, 0.4) is 0 Å². The van der Waals surface area contributed by atoms with Gasteiger partial charge in [0.1, 0.15) is 17.2 Å². The Hall–Kier alpha value is -3.41. The Kier molecular flexibility index (Phi) is 9.13. The van der Waals surface area contributed by atoms with E-state index in [0.29, 0.717) is 28.4 Å². The fraction of sp³-hybridized carbons (Fsp3) is 0.452. The number of ether oxygens (including phenoxy) is 3. The molecule has 0 aliphatic rings. The number of ketones is 1. The number of esters is 2. The van der Waals surface area contributed by atoms with Crippen molar-refractivity contribution in [2.45, 2.75) is 74.1 Å². The predicted octanol–water partition coefficient (Wildman–Crippen LogP) is 7.18. The zero-order valence-corrected chi connectivity index (χ0v) is 23.8. The summed E-state index contributed by atoms with van der Waals surface area (Å²) in [6.45, 7) is 17.0. The quantitative estimate of drug-likeness (QED) is 0.163. The summed E-state index contributed by atoms with van der Waals surface area (Å²) in [5, 5.41) is 0. The molecule has 6 heteroatoms. The van der Waals surface area contributed by atoms with Crippen LogP contribution in [-0.4, -0.2) is 24.8 Å². The molecule has 0 N–H and O–H groups in total. The number of benzene rings is 2. The average Bonchev–Trinajstić information content (AvgIpc) is 2.81. The van der Waals surface area contributed by atoms with Crippen molar-refractivity contribution in [1.82, 2.24) is 0 Å². The Bertz CT molecular complexity index is 1170. The molecule has 6 nitrogen and oxygen atoms in total. The van der Waals surface area contributed by atoms with E-state index in [1.54, 1.807) is 78.0 Å². The molecule has 0 atom stereocenters. The molecule has 0 aliphatic carbocycles. The summed E-state index contributed by atoms with van der Waals surface area (Å²) in [4.78, 5) is 37.6. The Balaban J connectivity index is 2.37. The van der Waals surface area contributed by atoms with Gasteiger partial charge in [0.05, 0.1) is 17.9 Å². The van der Waals surface area contributed by atoms with E-state index < -0.39 is 10.8 Å². The molecule has 0 saturated carbocycles. The molecule has 0 aliphatic heterocycles. The molecule has 2 aromatic rings. The van der Waals surface area contributed by atoms with Gasteiger partial charge in [-0.05, 0) is 95.9 Å². The van der Waals surface area contributed by atoms with Gasteiger partial charge in [-0.25, -0.2) is 0 Å². The normalized spacial score (nSPS) is 12.4. The monoisotopic (exact) mass is 508 g/mol. The van der Waals surface area contributed by atoms with Crippen LogP contribution in [0.5, 0.6) is 17.2 Å². The van der Waals surface area contributed by atoms with Crippen molar-refractivity contribution in [3.05, 3.63) is 59.2 Å². The molecule has 0 radical (unpaired) electrons. The topological polar surface area (TPSA) is 78.9 Å². The summed E-state index contributed by atoms with van der Waals surface area (Å²) in [5.41, 5.74) is 0.432. The van der Waals surface area contributed by atoms with Crippen LogP contribution in [0.25, 0.3) is 6.08 Å². The smallest absolute Gasteiger partial charge is 0.316 e. The van der Waals surface area contributed by atoms with Crippen molar-refractivity contribution in [3.8, 4) is 17.2 Å². The van der Waals surface area contributed by atoms with E-state index in [2.05, 4.69) is 20.8 Å². The summed E-state index contributed by atoms with van der Waals surface area (Å²) in [6.07, 6.45) is 3.98. The molecule has 0 bridgehead atoms. The highest BCUT2D eigenvalue weighted by atomic mass is 16.5. The average molecular weight is 509 g/mol. The second-order valence-corrected chi connectivity index (χ2v) is 11.8. The van der Waals surface area contributed by atoms with Gasteiger partial charge >= 0.3 is 11.9 Å². The SMILES string of the molecule is CCC(C)(C)c1cc(/C=C/C(=O)c2ccc(OC(=O)C(C)(C)C)cc2)c(OC)cc1OC(=O)C(C)(C)C. The molecule has 0 unspecified atom stereocenters. The summed E-state index contributed by atoms with van der Waals surface area (Å²) >= 11 is 0. The van der Waals surface area contributed by atoms with Gasteiger partial charge in [0.25, 0.3) is 0 Å². The lowest BCUT2D eigenvalue weighted by Crippen LogP contribution is -2.27. The summed E-state index contributed by atoms with van der Waals surface area (Å²) in [7, 11) is 1.53. The van der Waals surface area contributed by atoms with Crippen molar-refractivity contribution in [2.75, 3.05) is 7.11 Å². The van der Waals surface area contributed by atoms with Gasteiger partial charge in [-0.2, -0.15) is 0 Å². The second-order valence-electron chi connectivity index (χ2n) is 11.8. The van der Waals surface area contributed by atoms with Crippen LogP contribution in [0, 0.1) is 10.8 Å². The Morgan fingerprint density at radius 2 is 1.32 bits per heavy atom. The van der Waals surface area contributed by atoms with E-state index in [9.17, 15) is 14.4 Å². The van der Waals surface area contributed by atoms with Crippen molar-refractivity contribution in [2.24, 2.45) is 10.8 Å². The number of rotatable bonds is 8. The first kappa shape index (κ1) is 29.8. The number of methoxy groups -OCH3 is 1. The fourth-order valence-corrected chi connectivity index (χ4v) is 3.15. The van der Waals surface area contributed by atoms with Crippen LogP contribution in [0.2, 0.25) is 0 Å². The summed E-state index contributed by atoms with van der Waals surface area (Å²) in [6, 6.07) is 10.1. The van der Waals surface area contributed by atoms with Gasteiger partial charge in [-0.15, -0.1) is 0 Å². The summed E-state index contributed by atoms with van der Waals surface area (Å²) in [5.74, 6) is 0.427. The molecule has 0 amide bonds. The standard InChI is InChI=1S/C31H40O6/c1-11-31(8,9)23-18-21(25(35-10)19-26(23)37-28(34)30(5,6)7)14-17-24(32)20-12-15-22(16-13-20)36-27(33)29(2,3)4/h12-19H,11H2,1-10H3/b17-14+. The zero-order valence-electron chi connectivity index (χ0n) is 23.8. The minimum Gasteiger partial charge on any atom is -0.496 e. The minimum atomic E-state index is -0.660. The maximum atomic E-state index is 12.9. The molecule has 0 fully saturated rings. The van der Waals surface area contributed by atoms with Crippen molar-refractivity contribution >= 4 is 23.8 Å². The van der Waals surface area contributed by atoms with E-state index in [4.69, 9.17) is 14.2 Å². The van der Waals surface area contributed by atoms with Crippen LogP contribution in [-0.2, 0) is 15.0 Å². The van der Waals surface area contributed by atoms with Gasteiger partial charge in [0.15, 0.2) is 5.78 Å². The fourth-order valence-electron chi connectivity index (χ4n) is 3.15. The Morgan fingerprint density at radius 3 is 1.81 bits per heavy atom. The van der Waals surface area contributed by atoms with Crippen LogP contribution in [0.4, 0.5) is 0 Å². The molecule has 0 aromatic heterocycles. The third kappa shape index (κ3) is 7.78. The van der Waals surface area contributed by atoms with E-state index in [0.717, 1.165) is 12.0 Å². The molecular formula is C31H40O6. The number of carbonyl (C=O) groups excluding carboxylic acids is 3. The third-order valence-corrected chi connectivity index (χ3v) is 6.14.